The number of aromatic nitrogens is 3. The van der Waals surface area contributed by atoms with Crippen LogP contribution in [0.15, 0.2) is 93.4 Å². The van der Waals surface area contributed by atoms with Crippen molar-refractivity contribution in [2.24, 2.45) is 10.1 Å². The lowest BCUT2D eigenvalue weighted by Crippen LogP contribution is -2.41. The molecule has 2 aliphatic rings. The minimum atomic E-state index is -0.514. The highest BCUT2D eigenvalue weighted by Crippen LogP contribution is 2.43. The Kier molecular flexibility index (Phi) is 13.4. The van der Waals surface area contributed by atoms with Crippen molar-refractivity contribution in [1.82, 2.24) is 25.1 Å². The minimum Gasteiger partial charge on any atom is -0.493 e. The molecule has 62 heavy (non-hydrogen) atoms. The lowest BCUT2D eigenvalue weighted by molar-refractivity contribution is -0.116. The number of anilines is 2. The summed E-state index contributed by atoms with van der Waals surface area (Å²) in [7, 11) is 4.70. The molecule has 320 valence electrons. The molecule has 4 heterocycles. The number of methoxy groups -OCH3 is 2. The normalized spacial score (nSPS) is 15.3. The van der Waals surface area contributed by atoms with Crippen LogP contribution in [-0.4, -0.2) is 70.4 Å². The van der Waals surface area contributed by atoms with Crippen LogP contribution in [0.1, 0.15) is 69.3 Å². The smallest absolute Gasteiger partial charge is 0.337 e. The first-order valence-electron chi connectivity index (χ1n) is 19.5. The van der Waals surface area contributed by atoms with Crippen LogP contribution >= 0.6 is 50.5 Å². The second-order valence-electron chi connectivity index (χ2n) is 14.6. The van der Waals surface area contributed by atoms with E-state index in [0.717, 1.165) is 54.4 Å². The number of carbonyl (C=O) groups is 2. The number of aliphatic imine (C=N–C) groups is 1. The van der Waals surface area contributed by atoms with Crippen molar-refractivity contribution in [1.29, 1.82) is 0 Å². The highest BCUT2D eigenvalue weighted by molar-refractivity contribution is 9.10. The van der Waals surface area contributed by atoms with Gasteiger partial charge in [0.25, 0.3) is 0 Å². The lowest BCUT2D eigenvalue weighted by atomic mass is 9.94. The maximum atomic E-state index is 13.0. The van der Waals surface area contributed by atoms with Gasteiger partial charge in [-0.1, -0.05) is 63.4 Å². The van der Waals surface area contributed by atoms with Gasteiger partial charge in [0, 0.05) is 55.0 Å². The fourth-order valence-electron chi connectivity index (χ4n) is 7.31. The molecule has 2 atom stereocenters. The number of hydrazone groups is 1. The molecule has 13 nitrogen and oxygen atoms in total. The first kappa shape index (κ1) is 44.3. The summed E-state index contributed by atoms with van der Waals surface area (Å²) in [5.74, 6) is 2.22. The van der Waals surface area contributed by atoms with Gasteiger partial charge in [-0.05, 0) is 99.8 Å². The summed E-state index contributed by atoms with van der Waals surface area (Å²) in [5, 5.41) is 22.7. The number of halogens is 3. The number of nitrogens with two attached hydrogens (primary N) is 1. The number of hydrogen-bond acceptors (Lipinski definition) is 10. The van der Waals surface area contributed by atoms with Gasteiger partial charge < -0.3 is 25.8 Å². The van der Waals surface area contributed by atoms with Crippen LogP contribution < -0.4 is 25.8 Å². The Morgan fingerprint density at radius 3 is 2.24 bits per heavy atom. The Morgan fingerprint density at radius 2 is 1.60 bits per heavy atom. The zero-order chi connectivity index (χ0) is 44.4. The molecule has 2 aliphatic heterocycles. The summed E-state index contributed by atoms with van der Waals surface area (Å²) in [6.07, 6.45) is 0.637. The number of fused-ring (bicyclic) bond motifs is 4. The Morgan fingerprint density at radius 1 is 0.935 bits per heavy atom. The number of ether oxygens (including phenoxy) is 2. The van der Waals surface area contributed by atoms with E-state index in [-0.39, 0.29) is 24.4 Å². The number of aryl methyl sites for hydroxylation is 2. The van der Waals surface area contributed by atoms with Crippen LogP contribution in [0.3, 0.4) is 0 Å². The molecular weight excluding hydrogens is 913 g/mol. The van der Waals surface area contributed by atoms with Crippen molar-refractivity contribution in [3.63, 3.8) is 0 Å². The van der Waals surface area contributed by atoms with Gasteiger partial charge in [0.1, 0.15) is 16.9 Å². The van der Waals surface area contributed by atoms with E-state index in [1.807, 2.05) is 73.0 Å². The minimum absolute atomic E-state index is 0.118. The lowest BCUT2D eigenvalue weighted by Gasteiger charge is -2.23. The molecule has 0 aliphatic carbocycles. The van der Waals surface area contributed by atoms with Crippen molar-refractivity contribution in [3.05, 3.63) is 143 Å². The van der Waals surface area contributed by atoms with E-state index >= 15 is 0 Å². The van der Waals surface area contributed by atoms with E-state index in [0.29, 0.717) is 50.9 Å². The summed E-state index contributed by atoms with van der Waals surface area (Å²) in [4.78, 5) is 31.8. The number of hydrogen-bond donors (Lipinski definition) is 3. The van der Waals surface area contributed by atoms with E-state index in [2.05, 4.69) is 50.6 Å². The molecule has 0 radical (unpaired) electrons. The Balaban J connectivity index is 0.000000190. The Hall–Kier alpha value is -5.74. The molecule has 3 amide bonds. The molecular formula is C45H44BrCl2N9O4S. The van der Waals surface area contributed by atoms with Crippen molar-refractivity contribution < 1.29 is 19.1 Å². The third-order valence-electron chi connectivity index (χ3n) is 10.6. The van der Waals surface area contributed by atoms with Gasteiger partial charge in [0.05, 0.1) is 43.1 Å². The number of amides is 3. The van der Waals surface area contributed by atoms with Crippen molar-refractivity contribution in [3.8, 4) is 16.5 Å². The number of nitrogens with one attached hydrogen (secondary N) is 2. The third kappa shape index (κ3) is 8.93. The summed E-state index contributed by atoms with van der Waals surface area (Å²) in [5.41, 5.74) is 14.2. The number of rotatable bonds is 7. The summed E-state index contributed by atoms with van der Waals surface area (Å²) in [6.45, 7) is 8.05. The zero-order valence-corrected chi connectivity index (χ0v) is 38.9. The van der Waals surface area contributed by atoms with Crippen molar-refractivity contribution in [2.45, 2.75) is 52.6 Å². The molecule has 2 unspecified atom stereocenters. The van der Waals surface area contributed by atoms with E-state index in [1.54, 1.807) is 56.9 Å². The second kappa shape index (κ2) is 18.7. The second-order valence-corrected chi connectivity index (χ2v) is 17.6. The van der Waals surface area contributed by atoms with Crippen LogP contribution in [0, 0.1) is 20.8 Å². The van der Waals surface area contributed by atoms with Gasteiger partial charge in [-0.25, -0.2) is 9.80 Å². The largest absolute Gasteiger partial charge is 0.493 e. The zero-order valence-electron chi connectivity index (χ0n) is 35.0. The predicted molar refractivity (Wildman–Crippen MR) is 251 cm³/mol. The molecule has 0 spiro atoms. The molecule has 4 N–H and O–H groups in total. The molecule has 6 aromatic rings. The number of carbonyl (C=O) groups excluding carboxylic acids is 2. The molecule has 0 bridgehead atoms. The van der Waals surface area contributed by atoms with E-state index in [1.165, 1.54) is 9.89 Å². The van der Waals surface area contributed by atoms with Crippen LogP contribution in [0.2, 0.25) is 10.0 Å². The van der Waals surface area contributed by atoms with Crippen LogP contribution in [-0.2, 0) is 11.2 Å². The maximum absolute atomic E-state index is 13.0. The van der Waals surface area contributed by atoms with Crippen LogP contribution in [0.25, 0.3) is 5.00 Å². The highest BCUT2D eigenvalue weighted by Gasteiger charge is 2.33. The Bertz CT molecular complexity index is 2720. The molecule has 8 rings (SSSR count). The number of thiophene rings is 1. The fourth-order valence-corrected chi connectivity index (χ4v) is 9.26. The first-order chi connectivity index (χ1) is 29.7. The van der Waals surface area contributed by atoms with Gasteiger partial charge >= 0.3 is 6.03 Å². The van der Waals surface area contributed by atoms with E-state index in [4.69, 9.17) is 48.5 Å². The standard InChI is InChI=1S/C25H23ClN6OS.C20H21BrClN3O3/c1-13-14(2)34-25-22(13)23(16-4-6-17(26)7-5-16)29-20(24-31-30-15(3)32(24)25)12-21(33)28-19-10-8-18(27)9-11-19;1-11-9-14-15(10-16(27-3)19(28-4)17(14)22)18(24-25(11)20(26)23-2)12-5-7-13(21)8-6-12/h4-11,20H,12,27H2,1-3H3,(H,28,33);5-8,10-11H,9H2,1-4H3,(H,23,26). The molecule has 0 fully saturated rings. The first-order valence-corrected chi connectivity index (χ1v) is 21.9. The van der Waals surface area contributed by atoms with Gasteiger partial charge in [-0.3, -0.25) is 14.4 Å². The molecule has 4 aromatic carbocycles. The van der Waals surface area contributed by atoms with Crippen molar-refractivity contribution in [2.75, 3.05) is 32.3 Å². The van der Waals surface area contributed by atoms with Crippen LogP contribution in [0.4, 0.5) is 16.2 Å². The van der Waals surface area contributed by atoms with Crippen LogP contribution in [0.5, 0.6) is 11.5 Å². The number of benzene rings is 4. The van der Waals surface area contributed by atoms with Gasteiger partial charge in [-0.2, -0.15) is 5.10 Å². The number of urea groups is 1. The molecule has 0 saturated carbocycles. The quantitative estimate of drug-likeness (QED) is 0.134. The fraction of sp³-hybridized carbons (Fsp3) is 0.244. The average molecular weight is 958 g/mol. The summed E-state index contributed by atoms with van der Waals surface area (Å²) < 4.78 is 13.9. The monoisotopic (exact) mass is 955 g/mol. The molecule has 17 heteroatoms. The summed E-state index contributed by atoms with van der Waals surface area (Å²) in [6, 6.07) is 23.3. The molecule has 0 saturated heterocycles. The van der Waals surface area contributed by atoms with Gasteiger partial charge in [-0.15, -0.1) is 21.5 Å². The van der Waals surface area contributed by atoms with E-state index < -0.39 is 6.04 Å². The molecule has 2 aromatic heterocycles. The van der Waals surface area contributed by atoms with Gasteiger partial charge in [0.2, 0.25) is 5.91 Å². The SMILES string of the molecule is CNC(=O)N1N=C(c2ccc(Br)cc2)c2cc(OC)c(OC)c(Cl)c2CC1C.Cc1sc2c(c1C)C(c1ccc(Cl)cc1)=NC(CC(=O)Nc1ccc(N)cc1)c1nnc(C)n1-2. The number of nitrogen functional groups attached to an aromatic ring is 1. The van der Waals surface area contributed by atoms with Crippen molar-refractivity contribution >= 4 is 85.2 Å². The van der Waals surface area contributed by atoms with Gasteiger partial charge in [0.15, 0.2) is 17.3 Å². The summed E-state index contributed by atoms with van der Waals surface area (Å²) >= 11 is 18.0. The highest BCUT2D eigenvalue weighted by atomic mass is 79.9. The van der Waals surface area contributed by atoms with E-state index in [9.17, 15) is 9.59 Å². The third-order valence-corrected chi connectivity index (χ3v) is 12.9. The Labute approximate surface area is 382 Å². The average Bonchev–Trinajstić information content (AvgIpc) is 3.68. The topological polar surface area (TPSA) is 161 Å². The predicted octanol–water partition coefficient (Wildman–Crippen LogP) is 9.87. The number of nitrogens with zero attached hydrogens (tertiary/aromatic N) is 6. The maximum Gasteiger partial charge on any atom is 0.337 e.